The fourth-order valence-corrected chi connectivity index (χ4v) is 2.72. The maximum atomic E-state index is 11.5. The van der Waals surface area contributed by atoms with Gasteiger partial charge < -0.3 is 10.8 Å². The molecule has 0 aromatic heterocycles. The lowest BCUT2D eigenvalue weighted by atomic mass is 9.94. The van der Waals surface area contributed by atoms with Gasteiger partial charge in [-0.05, 0) is 30.5 Å². The molecule has 2 rings (SSSR count). The Morgan fingerprint density at radius 2 is 1.80 bits per heavy atom. The predicted octanol–water partition coefficient (Wildman–Crippen LogP) is 1.66. The quantitative estimate of drug-likeness (QED) is 0.885. The average molecular weight is 297 g/mol. The summed E-state index contributed by atoms with van der Waals surface area (Å²) < 4.78 is 0. The van der Waals surface area contributed by atoms with E-state index in [4.69, 9.17) is 17.3 Å². The zero-order valence-corrected chi connectivity index (χ0v) is 11.7. The number of benzene rings is 1. The highest BCUT2D eigenvalue weighted by Crippen LogP contribution is 2.28. The number of carbonyl (C=O) groups is 2. The van der Waals surface area contributed by atoms with Gasteiger partial charge in [0, 0.05) is 24.0 Å². The lowest BCUT2D eigenvalue weighted by Gasteiger charge is -2.34. The summed E-state index contributed by atoms with van der Waals surface area (Å²) in [5.74, 6) is -1.35. The number of hydrogen-bond donors (Lipinski definition) is 2. The lowest BCUT2D eigenvalue weighted by Crippen LogP contribution is -2.42. The number of primary amides is 1. The topological polar surface area (TPSA) is 83.6 Å². The van der Waals surface area contributed by atoms with Crippen LogP contribution in [0.15, 0.2) is 24.3 Å². The van der Waals surface area contributed by atoms with Crippen molar-refractivity contribution in [3.63, 3.8) is 0 Å². The molecule has 1 aromatic rings. The Bertz CT molecular complexity index is 496. The van der Waals surface area contributed by atoms with Gasteiger partial charge in [-0.15, -0.1) is 0 Å². The number of carboxylic acids is 1. The van der Waals surface area contributed by atoms with Crippen LogP contribution in [0.2, 0.25) is 5.02 Å². The van der Waals surface area contributed by atoms with Crippen LogP contribution in [-0.4, -0.2) is 35.0 Å². The van der Waals surface area contributed by atoms with Gasteiger partial charge in [0.15, 0.2) is 0 Å². The van der Waals surface area contributed by atoms with Crippen molar-refractivity contribution in [1.29, 1.82) is 0 Å². The van der Waals surface area contributed by atoms with Gasteiger partial charge in [-0.2, -0.15) is 0 Å². The molecule has 1 amide bonds. The Kier molecular flexibility index (Phi) is 4.62. The van der Waals surface area contributed by atoms with Gasteiger partial charge in [0.25, 0.3) is 0 Å². The van der Waals surface area contributed by atoms with Gasteiger partial charge in [-0.3, -0.25) is 14.5 Å². The molecule has 1 saturated heterocycles. The number of nitrogens with zero attached hydrogens (tertiary/aromatic N) is 1. The van der Waals surface area contributed by atoms with E-state index in [1.807, 2.05) is 4.90 Å². The second kappa shape index (κ2) is 6.24. The number of halogens is 1. The molecule has 1 aromatic carbocycles. The molecular formula is C14H17ClN2O3. The SMILES string of the molecule is NC(=O)C1CCN(C(C(=O)O)c2ccc(Cl)cc2)CC1. The Morgan fingerprint density at radius 3 is 2.25 bits per heavy atom. The number of carbonyl (C=O) groups excluding carboxylic acids is 1. The van der Waals surface area contributed by atoms with Crippen molar-refractivity contribution in [1.82, 2.24) is 4.90 Å². The number of nitrogens with two attached hydrogens (primary N) is 1. The summed E-state index contributed by atoms with van der Waals surface area (Å²) in [4.78, 5) is 24.5. The highest BCUT2D eigenvalue weighted by Gasteiger charge is 2.32. The van der Waals surface area contributed by atoms with Crippen LogP contribution < -0.4 is 5.73 Å². The van der Waals surface area contributed by atoms with Gasteiger partial charge in [0.1, 0.15) is 6.04 Å². The molecule has 1 heterocycles. The Labute approximate surface area is 122 Å². The molecule has 6 heteroatoms. The molecule has 0 spiro atoms. The van der Waals surface area contributed by atoms with Gasteiger partial charge in [0.2, 0.25) is 5.91 Å². The van der Waals surface area contributed by atoms with E-state index in [2.05, 4.69) is 0 Å². The molecule has 0 aliphatic carbocycles. The summed E-state index contributed by atoms with van der Waals surface area (Å²) in [6, 6.07) is 6.11. The van der Waals surface area contributed by atoms with Crippen LogP contribution >= 0.6 is 11.6 Å². The first-order valence-corrected chi connectivity index (χ1v) is 6.88. The van der Waals surface area contributed by atoms with E-state index in [1.165, 1.54) is 0 Å². The highest BCUT2D eigenvalue weighted by molar-refractivity contribution is 6.30. The average Bonchev–Trinajstić information content (AvgIpc) is 2.41. The first-order valence-electron chi connectivity index (χ1n) is 6.50. The van der Waals surface area contributed by atoms with E-state index in [-0.39, 0.29) is 11.8 Å². The number of rotatable bonds is 4. The van der Waals surface area contributed by atoms with E-state index >= 15 is 0 Å². The number of amides is 1. The standard InChI is InChI=1S/C14H17ClN2O3/c15-11-3-1-9(2-4-11)12(14(19)20)17-7-5-10(6-8-17)13(16)18/h1-4,10,12H,5-8H2,(H2,16,18)(H,19,20). The third-order valence-electron chi connectivity index (χ3n) is 3.72. The zero-order valence-electron chi connectivity index (χ0n) is 11.0. The molecule has 3 N–H and O–H groups in total. The number of likely N-dealkylation sites (tertiary alicyclic amines) is 1. The fourth-order valence-electron chi connectivity index (χ4n) is 2.60. The largest absolute Gasteiger partial charge is 0.480 e. The molecule has 1 fully saturated rings. The first kappa shape index (κ1) is 14.8. The monoisotopic (exact) mass is 296 g/mol. The van der Waals surface area contributed by atoms with Crippen LogP contribution in [0, 0.1) is 5.92 Å². The van der Waals surface area contributed by atoms with Gasteiger partial charge >= 0.3 is 5.97 Å². The van der Waals surface area contributed by atoms with E-state index in [0.717, 1.165) is 0 Å². The summed E-state index contributed by atoms with van der Waals surface area (Å²) in [6.07, 6.45) is 1.21. The van der Waals surface area contributed by atoms with Crippen molar-refractivity contribution >= 4 is 23.5 Å². The number of aliphatic carboxylic acids is 1. The van der Waals surface area contributed by atoms with Gasteiger partial charge in [0.05, 0.1) is 0 Å². The van der Waals surface area contributed by atoms with Crippen LogP contribution in [0.25, 0.3) is 0 Å². The fraction of sp³-hybridized carbons (Fsp3) is 0.429. The maximum Gasteiger partial charge on any atom is 0.325 e. The zero-order chi connectivity index (χ0) is 14.7. The predicted molar refractivity (Wildman–Crippen MR) is 75.3 cm³/mol. The van der Waals surface area contributed by atoms with Crippen LogP contribution in [0.5, 0.6) is 0 Å². The van der Waals surface area contributed by atoms with E-state index in [9.17, 15) is 14.7 Å². The summed E-state index contributed by atoms with van der Waals surface area (Å²) in [5.41, 5.74) is 5.98. The molecule has 5 nitrogen and oxygen atoms in total. The van der Waals surface area contributed by atoms with Crippen LogP contribution in [0.3, 0.4) is 0 Å². The van der Waals surface area contributed by atoms with Crippen molar-refractivity contribution in [2.75, 3.05) is 13.1 Å². The summed E-state index contributed by atoms with van der Waals surface area (Å²) in [5, 5.41) is 10.0. The smallest absolute Gasteiger partial charge is 0.325 e. The first-order chi connectivity index (χ1) is 9.49. The minimum absolute atomic E-state index is 0.147. The molecule has 1 atom stereocenters. The highest BCUT2D eigenvalue weighted by atomic mass is 35.5. The second-order valence-corrected chi connectivity index (χ2v) is 5.44. The van der Waals surface area contributed by atoms with Crippen LogP contribution in [0.4, 0.5) is 0 Å². The number of carboxylic acid groups (broad SMARTS) is 1. The Morgan fingerprint density at radius 1 is 1.25 bits per heavy atom. The molecule has 108 valence electrons. The van der Waals surface area contributed by atoms with Gasteiger partial charge in [-0.25, -0.2) is 0 Å². The van der Waals surface area contributed by atoms with Crippen LogP contribution in [-0.2, 0) is 9.59 Å². The minimum atomic E-state index is -0.898. The Balaban J connectivity index is 2.12. The third kappa shape index (κ3) is 3.29. The van der Waals surface area contributed by atoms with Crippen LogP contribution in [0.1, 0.15) is 24.4 Å². The number of piperidine rings is 1. The molecule has 20 heavy (non-hydrogen) atoms. The lowest BCUT2D eigenvalue weighted by molar-refractivity contribution is -0.144. The number of hydrogen-bond acceptors (Lipinski definition) is 3. The Hall–Kier alpha value is -1.59. The normalized spacial score (nSPS) is 18.6. The van der Waals surface area contributed by atoms with Crippen molar-refractivity contribution in [2.24, 2.45) is 11.7 Å². The summed E-state index contributed by atoms with van der Waals surface area (Å²) >= 11 is 5.82. The van der Waals surface area contributed by atoms with Crippen molar-refractivity contribution in [2.45, 2.75) is 18.9 Å². The maximum absolute atomic E-state index is 11.5. The summed E-state index contributed by atoms with van der Waals surface area (Å²) in [6.45, 7) is 1.10. The molecule has 0 radical (unpaired) electrons. The summed E-state index contributed by atoms with van der Waals surface area (Å²) in [7, 11) is 0. The van der Waals surface area contributed by atoms with Crippen molar-refractivity contribution in [3.05, 3.63) is 34.9 Å². The van der Waals surface area contributed by atoms with Crippen molar-refractivity contribution < 1.29 is 14.7 Å². The van der Waals surface area contributed by atoms with E-state index in [1.54, 1.807) is 24.3 Å². The second-order valence-electron chi connectivity index (χ2n) is 5.00. The van der Waals surface area contributed by atoms with Crippen molar-refractivity contribution in [3.8, 4) is 0 Å². The van der Waals surface area contributed by atoms with E-state index < -0.39 is 12.0 Å². The molecule has 1 aliphatic heterocycles. The van der Waals surface area contributed by atoms with Gasteiger partial charge in [-0.1, -0.05) is 23.7 Å². The minimum Gasteiger partial charge on any atom is -0.480 e. The molecule has 0 saturated carbocycles. The molecule has 1 unspecified atom stereocenters. The van der Waals surface area contributed by atoms with E-state index in [0.29, 0.717) is 36.5 Å². The molecule has 1 aliphatic rings. The molecule has 0 bridgehead atoms. The molecular weight excluding hydrogens is 280 g/mol. The third-order valence-corrected chi connectivity index (χ3v) is 3.97.